The van der Waals surface area contributed by atoms with Crippen molar-refractivity contribution < 1.29 is 15.0 Å². The van der Waals surface area contributed by atoms with Gasteiger partial charge in [0.15, 0.2) is 0 Å². The first-order chi connectivity index (χ1) is 10.1. The van der Waals surface area contributed by atoms with Crippen LogP contribution in [0.1, 0.15) is 48.9 Å². The van der Waals surface area contributed by atoms with E-state index in [-0.39, 0.29) is 23.4 Å². The molecule has 1 fully saturated rings. The zero-order valence-electron chi connectivity index (χ0n) is 12.3. The van der Waals surface area contributed by atoms with Crippen molar-refractivity contribution in [1.82, 2.24) is 4.90 Å². The van der Waals surface area contributed by atoms with E-state index in [1.807, 2.05) is 4.90 Å². The van der Waals surface area contributed by atoms with Gasteiger partial charge < -0.3 is 20.8 Å². The van der Waals surface area contributed by atoms with Crippen LogP contribution in [0.3, 0.4) is 0 Å². The maximum absolute atomic E-state index is 12.7. The molecule has 0 bridgehead atoms. The molecule has 0 spiro atoms. The zero-order valence-corrected chi connectivity index (χ0v) is 12.3. The maximum atomic E-state index is 12.7. The third-order valence-corrected chi connectivity index (χ3v) is 4.03. The fourth-order valence-electron chi connectivity index (χ4n) is 2.99. The van der Waals surface area contributed by atoms with Gasteiger partial charge in [0.05, 0.1) is 0 Å². The monoisotopic (exact) mass is 292 g/mol. The van der Waals surface area contributed by atoms with Crippen molar-refractivity contribution in [2.45, 2.75) is 44.6 Å². The van der Waals surface area contributed by atoms with Crippen LogP contribution in [-0.2, 0) is 0 Å². The Balaban J connectivity index is 2.19. The second-order valence-electron chi connectivity index (χ2n) is 5.67. The van der Waals surface area contributed by atoms with Crippen LogP contribution in [-0.4, -0.2) is 40.2 Å². The van der Waals surface area contributed by atoms with E-state index in [4.69, 9.17) is 5.73 Å². The van der Waals surface area contributed by atoms with Crippen LogP contribution in [0.15, 0.2) is 18.2 Å². The van der Waals surface area contributed by atoms with Crippen LogP contribution in [0.2, 0.25) is 0 Å². The summed E-state index contributed by atoms with van der Waals surface area (Å²) in [6.45, 7) is 1.16. The molecule has 0 aromatic heterocycles. The second-order valence-corrected chi connectivity index (χ2v) is 5.67. The number of phenols is 2. The van der Waals surface area contributed by atoms with Gasteiger partial charge in [-0.1, -0.05) is 19.3 Å². The number of hydrogen-bond donors (Lipinski definition) is 3. The van der Waals surface area contributed by atoms with Crippen molar-refractivity contribution >= 4 is 5.91 Å². The van der Waals surface area contributed by atoms with Gasteiger partial charge in [-0.2, -0.15) is 0 Å². The van der Waals surface area contributed by atoms with E-state index in [2.05, 4.69) is 0 Å². The number of amides is 1. The van der Waals surface area contributed by atoms with Gasteiger partial charge in [0, 0.05) is 24.2 Å². The summed E-state index contributed by atoms with van der Waals surface area (Å²) in [5.41, 5.74) is 5.90. The number of benzene rings is 1. The summed E-state index contributed by atoms with van der Waals surface area (Å²) < 4.78 is 0. The molecule has 0 atom stereocenters. The Hall–Kier alpha value is -1.75. The lowest BCUT2D eigenvalue weighted by atomic mass is 9.93. The van der Waals surface area contributed by atoms with Crippen LogP contribution in [0.25, 0.3) is 0 Å². The van der Waals surface area contributed by atoms with Gasteiger partial charge in [0.25, 0.3) is 5.91 Å². The molecular weight excluding hydrogens is 268 g/mol. The van der Waals surface area contributed by atoms with E-state index in [1.54, 1.807) is 0 Å². The van der Waals surface area contributed by atoms with Crippen molar-refractivity contribution in [2.75, 3.05) is 13.1 Å². The summed E-state index contributed by atoms with van der Waals surface area (Å²) >= 11 is 0. The van der Waals surface area contributed by atoms with Gasteiger partial charge in [-0.3, -0.25) is 4.79 Å². The van der Waals surface area contributed by atoms with Crippen molar-refractivity contribution in [3.05, 3.63) is 23.8 Å². The summed E-state index contributed by atoms with van der Waals surface area (Å²) in [7, 11) is 0. The summed E-state index contributed by atoms with van der Waals surface area (Å²) in [6, 6.07) is 4.27. The van der Waals surface area contributed by atoms with E-state index in [9.17, 15) is 15.0 Å². The molecule has 4 N–H and O–H groups in total. The first kappa shape index (κ1) is 15.6. The molecule has 1 amide bonds. The van der Waals surface area contributed by atoms with Gasteiger partial charge in [-0.15, -0.1) is 0 Å². The molecule has 1 aliphatic carbocycles. The summed E-state index contributed by atoms with van der Waals surface area (Å²) in [5.74, 6) is -0.330. The van der Waals surface area contributed by atoms with Gasteiger partial charge in [0.2, 0.25) is 0 Å². The lowest BCUT2D eigenvalue weighted by molar-refractivity contribution is 0.0632. The minimum Gasteiger partial charge on any atom is -0.508 e. The van der Waals surface area contributed by atoms with Crippen LogP contribution >= 0.6 is 0 Å². The van der Waals surface area contributed by atoms with Crippen molar-refractivity contribution in [1.29, 1.82) is 0 Å². The molecule has 0 unspecified atom stereocenters. The molecule has 0 saturated heterocycles. The quantitative estimate of drug-likeness (QED) is 0.776. The fraction of sp³-hybridized carbons (Fsp3) is 0.562. The molecule has 1 saturated carbocycles. The predicted octanol–water partition coefficient (Wildman–Crippen LogP) is 2.22. The number of aromatic hydroxyl groups is 2. The lowest BCUT2D eigenvalue weighted by Crippen LogP contribution is -2.42. The van der Waals surface area contributed by atoms with Crippen molar-refractivity contribution in [2.24, 2.45) is 5.73 Å². The van der Waals surface area contributed by atoms with E-state index < -0.39 is 0 Å². The maximum Gasteiger partial charge on any atom is 0.254 e. The van der Waals surface area contributed by atoms with Crippen molar-refractivity contribution in [3.8, 4) is 11.5 Å². The van der Waals surface area contributed by atoms with Crippen molar-refractivity contribution in [3.63, 3.8) is 0 Å². The second kappa shape index (κ2) is 7.31. The van der Waals surface area contributed by atoms with Crippen LogP contribution in [0.4, 0.5) is 0 Å². The molecule has 5 heteroatoms. The minimum atomic E-state index is -0.137. The van der Waals surface area contributed by atoms with Crippen LogP contribution < -0.4 is 5.73 Å². The number of nitrogens with zero attached hydrogens (tertiary/aromatic N) is 1. The summed E-state index contributed by atoms with van der Waals surface area (Å²) in [4.78, 5) is 14.6. The molecular formula is C16H24N2O3. The van der Waals surface area contributed by atoms with Crippen LogP contribution in [0, 0.1) is 0 Å². The fourth-order valence-corrected chi connectivity index (χ4v) is 2.99. The van der Waals surface area contributed by atoms with Gasteiger partial charge >= 0.3 is 0 Å². The van der Waals surface area contributed by atoms with E-state index >= 15 is 0 Å². The third-order valence-electron chi connectivity index (χ3n) is 4.03. The highest BCUT2D eigenvalue weighted by molar-refractivity contribution is 5.95. The van der Waals surface area contributed by atoms with Crippen LogP contribution in [0.5, 0.6) is 11.5 Å². The molecule has 1 aliphatic rings. The molecule has 0 aliphatic heterocycles. The van der Waals surface area contributed by atoms with Gasteiger partial charge in [-0.25, -0.2) is 0 Å². The average Bonchev–Trinajstić information content (AvgIpc) is 2.47. The molecule has 0 radical (unpaired) electrons. The predicted molar refractivity (Wildman–Crippen MR) is 81.4 cm³/mol. The Labute approximate surface area is 125 Å². The minimum absolute atomic E-state index is 0.0965. The SMILES string of the molecule is NCCCN(C(=O)c1cc(O)cc(O)c1)C1CCCCC1. The number of carbonyl (C=O) groups is 1. The number of hydrogen-bond acceptors (Lipinski definition) is 4. The highest BCUT2D eigenvalue weighted by atomic mass is 16.3. The summed E-state index contributed by atoms with van der Waals surface area (Å²) in [5, 5.41) is 19.1. The highest BCUT2D eigenvalue weighted by Gasteiger charge is 2.26. The summed E-state index contributed by atoms with van der Waals surface area (Å²) in [6.07, 6.45) is 6.29. The Kier molecular flexibility index (Phi) is 5.44. The topological polar surface area (TPSA) is 86.8 Å². The Bertz CT molecular complexity index is 464. The number of carbonyl (C=O) groups excluding carboxylic acids is 1. The third kappa shape index (κ3) is 4.11. The van der Waals surface area contributed by atoms with Gasteiger partial charge in [0.1, 0.15) is 11.5 Å². The first-order valence-corrected chi connectivity index (χ1v) is 7.66. The van der Waals surface area contributed by atoms with E-state index in [0.29, 0.717) is 18.7 Å². The number of rotatable bonds is 5. The Morgan fingerprint density at radius 1 is 1.14 bits per heavy atom. The first-order valence-electron chi connectivity index (χ1n) is 7.66. The average molecular weight is 292 g/mol. The molecule has 116 valence electrons. The zero-order chi connectivity index (χ0) is 15.2. The normalized spacial score (nSPS) is 15.9. The number of phenolic OH excluding ortho intramolecular Hbond substituents is 2. The number of nitrogens with two attached hydrogens (primary N) is 1. The molecule has 1 aromatic carbocycles. The largest absolute Gasteiger partial charge is 0.508 e. The molecule has 0 heterocycles. The Morgan fingerprint density at radius 3 is 2.33 bits per heavy atom. The highest BCUT2D eigenvalue weighted by Crippen LogP contribution is 2.26. The smallest absolute Gasteiger partial charge is 0.254 e. The molecule has 1 aromatic rings. The van der Waals surface area contributed by atoms with E-state index in [1.165, 1.54) is 24.6 Å². The standard InChI is InChI=1S/C16H24N2O3/c17-7-4-8-18(13-5-2-1-3-6-13)16(21)12-9-14(19)11-15(20)10-12/h9-11,13,19-20H,1-8,17H2. The molecule has 21 heavy (non-hydrogen) atoms. The molecule has 5 nitrogen and oxygen atoms in total. The molecule has 2 rings (SSSR count). The Morgan fingerprint density at radius 2 is 1.76 bits per heavy atom. The van der Waals surface area contributed by atoms with E-state index in [0.717, 1.165) is 32.1 Å². The lowest BCUT2D eigenvalue weighted by Gasteiger charge is -2.34. The van der Waals surface area contributed by atoms with Gasteiger partial charge in [-0.05, 0) is 37.9 Å².